The number of Topliss-reactive ketones (excluding diaryl/α,β-unsaturated/α-hetero) is 1. The molecule has 0 aromatic carbocycles. The number of alkyl carbamates (subject to hydrolysis) is 1. The lowest BCUT2D eigenvalue weighted by Gasteiger charge is -2.21. The van der Waals surface area contributed by atoms with E-state index in [2.05, 4.69) is 5.32 Å². The lowest BCUT2D eigenvalue weighted by atomic mass is 10.1. The van der Waals surface area contributed by atoms with Crippen molar-refractivity contribution in [1.82, 2.24) is 5.32 Å². The van der Waals surface area contributed by atoms with Crippen molar-refractivity contribution in [2.45, 2.75) is 26.4 Å². The number of ether oxygens (including phenoxy) is 1. The van der Waals surface area contributed by atoms with Crippen LogP contribution >= 0.6 is 0 Å². The van der Waals surface area contributed by atoms with Crippen molar-refractivity contribution in [3.8, 4) is 0 Å². The Bertz CT molecular complexity index is 259. The molecule has 0 rings (SSSR count). The van der Waals surface area contributed by atoms with Crippen molar-refractivity contribution < 1.29 is 14.3 Å². The summed E-state index contributed by atoms with van der Waals surface area (Å²) in [5.41, 5.74) is 4.13. The highest BCUT2D eigenvalue weighted by molar-refractivity contribution is 5.86. The van der Waals surface area contributed by atoms with Crippen LogP contribution in [0.25, 0.3) is 0 Å². The van der Waals surface area contributed by atoms with Gasteiger partial charge in [0.15, 0.2) is 11.4 Å². The number of rotatable bonds is 5. The molecule has 0 aromatic rings. The Balaban J connectivity index is 3.94. The van der Waals surface area contributed by atoms with Crippen molar-refractivity contribution in [3.05, 3.63) is 12.2 Å². The fraction of sp³-hybridized carbons (Fsp3) is 0.600. The zero-order valence-corrected chi connectivity index (χ0v) is 9.37. The molecular formula is C10H18N2O3. The number of nitrogens with two attached hydrogens (primary N) is 1. The number of carbonyl (C=O) groups excluding carboxylic acids is 2. The molecule has 86 valence electrons. The first-order valence-electron chi connectivity index (χ1n) is 4.73. The molecule has 0 aromatic heterocycles. The quantitative estimate of drug-likeness (QED) is 0.656. The molecule has 0 aliphatic carbocycles. The van der Waals surface area contributed by atoms with Gasteiger partial charge in [-0.3, -0.25) is 4.79 Å². The molecule has 0 bridgehead atoms. The number of carbonyl (C=O) groups is 2. The highest BCUT2D eigenvalue weighted by Crippen LogP contribution is 2.09. The summed E-state index contributed by atoms with van der Waals surface area (Å²) in [6.07, 6.45) is 2.81. The van der Waals surface area contributed by atoms with Gasteiger partial charge in [-0.25, -0.2) is 4.79 Å². The molecule has 5 nitrogen and oxygen atoms in total. The van der Waals surface area contributed by atoms with Gasteiger partial charge in [0, 0.05) is 13.1 Å². The molecule has 3 N–H and O–H groups in total. The molecule has 15 heavy (non-hydrogen) atoms. The summed E-state index contributed by atoms with van der Waals surface area (Å²) in [4.78, 5) is 22.2. The second-order valence-electron chi connectivity index (χ2n) is 3.54. The molecule has 0 aliphatic heterocycles. The maximum Gasteiger partial charge on any atom is 0.408 e. The summed E-state index contributed by atoms with van der Waals surface area (Å²) in [6, 6.07) is 0. The van der Waals surface area contributed by atoms with E-state index in [1.54, 1.807) is 26.0 Å². The molecule has 0 atom stereocenters. The predicted octanol–water partition coefficient (Wildman–Crippen LogP) is 0.595. The third-order valence-corrected chi connectivity index (χ3v) is 1.86. The lowest BCUT2D eigenvalue weighted by Crippen LogP contribution is -2.39. The van der Waals surface area contributed by atoms with Gasteiger partial charge in [-0.15, -0.1) is 0 Å². The average molecular weight is 214 g/mol. The first kappa shape index (κ1) is 13.6. The van der Waals surface area contributed by atoms with Crippen LogP contribution in [0.2, 0.25) is 0 Å². The van der Waals surface area contributed by atoms with Crippen LogP contribution in [0.15, 0.2) is 12.2 Å². The second-order valence-corrected chi connectivity index (χ2v) is 3.54. The summed E-state index contributed by atoms with van der Waals surface area (Å²) in [5, 5.41) is 2.47. The van der Waals surface area contributed by atoms with Crippen molar-refractivity contribution >= 4 is 11.9 Å². The Labute approximate surface area is 89.7 Å². The Hall–Kier alpha value is -1.36. The molecule has 0 saturated carbocycles. The van der Waals surface area contributed by atoms with Crippen LogP contribution in [0, 0.1) is 0 Å². The Morgan fingerprint density at radius 2 is 2.00 bits per heavy atom. The Kier molecular flexibility index (Phi) is 5.62. The maximum absolute atomic E-state index is 11.2. The summed E-state index contributed by atoms with van der Waals surface area (Å²) in [5.74, 6) is -0.199. The Morgan fingerprint density at radius 3 is 2.47 bits per heavy atom. The summed E-state index contributed by atoms with van der Waals surface area (Å²) in [7, 11) is 0. The van der Waals surface area contributed by atoms with Crippen molar-refractivity contribution in [2.24, 2.45) is 5.73 Å². The van der Waals surface area contributed by atoms with Crippen LogP contribution in [-0.4, -0.2) is 30.6 Å². The van der Waals surface area contributed by atoms with E-state index in [4.69, 9.17) is 10.5 Å². The maximum atomic E-state index is 11.2. The van der Waals surface area contributed by atoms with Gasteiger partial charge in [0.2, 0.25) is 0 Å². The molecule has 0 fully saturated rings. The smallest absolute Gasteiger partial charge is 0.408 e. The fourth-order valence-electron chi connectivity index (χ4n) is 0.662. The normalized spacial score (nSPS) is 11.5. The number of nitrogens with one attached hydrogen (secondary N) is 1. The molecule has 0 unspecified atom stereocenters. The predicted molar refractivity (Wildman–Crippen MR) is 57.4 cm³/mol. The van der Waals surface area contributed by atoms with E-state index < -0.39 is 11.7 Å². The molecule has 1 amide bonds. The molecule has 0 saturated heterocycles. The third-order valence-electron chi connectivity index (χ3n) is 1.86. The molecule has 5 heteroatoms. The number of hydrogen-bond acceptors (Lipinski definition) is 4. The van der Waals surface area contributed by atoms with Gasteiger partial charge in [-0.05, 0) is 20.8 Å². The van der Waals surface area contributed by atoms with E-state index in [-0.39, 0.29) is 5.78 Å². The van der Waals surface area contributed by atoms with Gasteiger partial charge in [0.1, 0.15) is 0 Å². The molecular weight excluding hydrogens is 196 g/mol. The lowest BCUT2D eigenvalue weighted by molar-refractivity contribution is -0.132. The van der Waals surface area contributed by atoms with E-state index in [0.717, 1.165) is 0 Å². The second kappa shape index (κ2) is 6.19. The number of amides is 1. The number of hydrogen-bond donors (Lipinski definition) is 2. The largest absolute Gasteiger partial charge is 0.436 e. The van der Waals surface area contributed by atoms with Gasteiger partial charge < -0.3 is 15.8 Å². The Morgan fingerprint density at radius 1 is 1.40 bits per heavy atom. The average Bonchev–Trinajstić information content (AvgIpc) is 2.11. The van der Waals surface area contributed by atoms with Crippen molar-refractivity contribution in [2.75, 3.05) is 13.1 Å². The molecule has 0 spiro atoms. The van der Waals surface area contributed by atoms with Gasteiger partial charge in [-0.1, -0.05) is 12.2 Å². The summed E-state index contributed by atoms with van der Waals surface area (Å²) in [6.45, 7) is 5.23. The zero-order valence-electron chi connectivity index (χ0n) is 9.37. The highest BCUT2D eigenvalue weighted by atomic mass is 16.6. The number of ketones is 1. The van der Waals surface area contributed by atoms with Crippen LogP contribution in [0.4, 0.5) is 4.79 Å². The molecule has 0 aliphatic rings. The minimum Gasteiger partial charge on any atom is -0.436 e. The van der Waals surface area contributed by atoms with Crippen LogP contribution in [-0.2, 0) is 9.53 Å². The van der Waals surface area contributed by atoms with Crippen LogP contribution in [0.3, 0.4) is 0 Å². The highest BCUT2D eigenvalue weighted by Gasteiger charge is 2.27. The molecule has 0 radical (unpaired) electrons. The minimum atomic E-state index is -1.08. The van der Waals surface area contributed by atoms with Gasteiger partial charge in [0.05, 0.1) is 0 Å². The van der Waals surface area contributed by atoms with Gasteiger partial charge >= 0.3 is 6.09 Å². The van der Waals surface area contributed by atoms with E-state index in [0.29, 0.717) is 13.1 Å². The van der Waals surface area contributed by atoms with E-state index >= 15 is 0 Å². The van der Waals surface area contributed by atoms with E-state index in [9.17, 15) is 9.59 Å². The van der Waals surface area contributed by atoms with Crippen LogP contribution in [0.1, 0.15) is 20.8 Å². The monoisotopic (exact) mass is 214 g/mol. The topological polar surface area (TPSA) is 81.4 Å². The summed E-state index contributed by atoms with van der Waals surface area (Å²) < 4.78 is 4.91. The standard InChI is InChI=1S/C10H18N2O3/c1-8(13)10(2,3)15-9(14)12-7-5-4-6-11/h4-5H,6-7,11H2,1-3H3,(H,12,14). The fourth-order valence-corrected chi connectivity index (χ4v) is 0.662. The third kappa shape index (κ3) is 5.85. The first-order chi connectivity index (χ1) is 6.90. The van der Waals surface area contributed by atoms with Crippen molar-refractivity contribution in [3.63, 3.8) is 0 Å². The van der Waals surface area contributed by atoms with E-state index in [1.165, 1.54) is 6.92 Å². The zero-order chi connectivity index (χ0) is 11.9. The van der Waals surface area contributed by atoms with Crippen LogP contribution in [0.5, 0.6) is 0 Å². The van der Waals surface area contributed by atoms with Gasteiger partial charge in [-0.2, -0.15) is 0 Å². The minimum absolute atomic E-state index is 0.199. The first-order valence-corrected chi connectivity index (χ1v) is 4.73. The summed E-state index contributed by atoms with van der Waals surface area (Å²) >= 11 is 0. The molecule has 0 heterocycles. The van der Waals surface area contributed by atoms with Crippen molar-refractivity contribution in [1.29, 1.82) is 0 Å². The van der Waals surface area contributed by atoms with Gasteiger partial charge in [0.25, 0.3) is 0 Å². The van der Waals surface area contributed by atoms with Crippen LogP contribution < -0.4 is 11.1 Å². The van der Waals surface area contributed by atoms with E-state index in [1.807, 2.05) is 0 Å². The SMILES string of the molecule is CC(=O)C(C)(C)OC(=O)NCC=CCN.